The van der Waals surface area contributed by atoms with Gasteiger partial charge in [-0.2, -0.15) is 0 Å². The van der Waals surface area contributed by atoms with Gasteiger partial charge in [0.2, 0.25) is 5.91 Å². The first-order valence-corrected chi connectivity index (χ1v) is 13.2. The number of fused-ring (bicyclic) bond motifs is 1. The Morgan fingerprint density at radius 3 is 2.64 bits per heavy atom. The number of likely N-dealkylation sites (tertiary alicyclic amines) is 1. The molecule has 5 rings (SSSR count). The van der Waals surface area contributed by atoms with Crippen molar-refractivity contribution in [1.29, 1.82) is 0 Å². The molecule has 1 aliphatic carbocycles. The van der Waals surface area contributed by atoms with Gasteiger partial charge in [-0.15, -0.1) is 0 Å². The average molecular weight is 489 g/mol. The van der Waals surface area contributed by atoms with E-state index in [1.807, 2.05) is 36.5 Å². The molecule has 0 bridgehead atoms. The number of aromatic amines is 1. The van der Waals surface area contributed by atoms with Crippen LogP contribution in [0.4, 0.5) is 5.69 Å². The van der Waals surface area contributed by atoms with Crippen LogP contribution in [0.15, 0.2) is 48.7 Å². The number of para-hydroxylation sites is 1. The molecule has 1 amide bonds. The molecular formula is C29H36N4O3. The number of nitrogens with zero attached hydrogens (tertiary/aromatic N) is 1. The van der Waals surface area contributed by atoms with Crippen LogP contribution in [0.5, 0.6) is 5.75 Å². The summed E-state index contributed by atoms with van der Waals surface area (Å²) >= 11 is 0. The van der Waals surface area contributed by atoms with E-state index in [-0.39, 0.29) is 18.2 Å². The topological polar surface area (TPSA) is 86.5 Å². The van der Waals surface area contributed by atoms with Crippen LogP contribution in [0.1, 0.15) is 54.4 Å². The Labute approximate surface area is 212 Å². The molecule has 2 fully saturated rings. The number of rotatable bonds is 9. The van der Waals surface area contributed by atoms with Crippen molar-refractivity contribution < 1.29 is 14.3 Å². The van der Waals surface area contributed by atoms with E-state index in [0.29, 0.717) is 28.5 Å². The zero-order valence-electron chi connectivity index (χ0n) is 21.0. The van der Waals surface area contributed by atoms with Crippen molar-refractivity contribution >= 4 is 28.3 Å². The third kappa shape index (κ3) is 5.41. The van der Waals surface area contributed by atoms with Crippen molar-refractivity contribution in [3.63, 3.8) is 0 Å². The monoisotopic (exact) mass is 488 g/mol. The van der Waals surface area contributed by atoms with E-state index in [1.54, 1.807) is 19.2 Å². The molecular weight excluding hydrogens is 452 g/mol. The fourth-order valence-electron chi connectivity index (χ4n) is 5.71. The maximum atomic E-state index is 13.3. The molecule has 2 heterocycles. The van der Waals surface area contributed by atoms with Gasteiger partial charge in [0, 0.05) is 29.9 Å². The van der Waals surface area contributed by atoms with Crippen LogP contribution in [0.25, 0.3) is 10.9 Å². The van der Waals surface area contributed by atoms with Crippen LogP contribution >= 0.6 is 0 Å². The van der Waals surface area contributed by atoms with Crippen LogP contribution in [-0.2, 0) is 4.79 Å². The van der Waals surface area contributed by atoms with Crippen LogP contribution in [0, 0.1) is 5.92 Å². The number of benzene rings is 2. The minimum absolute atomic E-state index is 0.0517. The Balaban J connectivity index is 1.15. The summed E-state index contributed by atoms with van der Waals surface area (Å²) < 4.78 is 5.60. The van der Waals surface area contributed by atoms with Crippen molar-refractivity contribution in [1.82, 2.24) is 15.2 Å². The van der Waals surface area contributed by atoms with Crippen LogP contribution in [0.2, 0.25) is 0 Å². The molecule has 0 spiro atoms. The van der Waals surface area contributed by atoms with E-state index in [1.165, 1.54) is 25.7 Å². The normalized spacial score (nSPS) is 17.4. The molecule has 7 nitrogen and oxygen atoms in total. The fraction of sp³-hybridized carbons (Fsp3) is 0.448. The lowest BCUT2D eigenvalue weighted by Crippen LogP contribution is -2.43. The number of piperidine rings is 1. The predicted molar refractivity (Wildman–Crippen MR) is 143 cm³/mol. The lowest BCUT2D eigenvalue weighted by Gasteiger charge is -2.36. The van der Waals surface area contributed by atoms with Gasteiger partial charge in [-0.1, -0.05) is 31.0 Å². The maximum Gasteiger partial charge on any atom is 0.239 e. The highest BCUT2D eigenvalue weighted by Crippen LogP contribution is 2.31. The van der Waals surface area contributed by atoms with E-state index in [4.69, 9.17) is 4.74 Å². The van der Waals surface area contributed by atoms with Gasteiger partial charge in [0.1, 0.15) is 0 Å². The average Bonchev–Trinajstić information content (AvgIpc) is 3.62. The number of hydrogen-bond donors (Lipinski definition) is 3. The Hall–Kier alpha value is -3.32. The largest absolute Gasteiger partial charge is 0.494 e. The zero-order chi connectivity index (χ0) is 24.9. The first kappa shape index (κ1) is 24.4. The van der Waals surface area contributed by atoms with Gasteiger partial charge in [-0.05, 0) is 74.3 Å². The Kier molecular flexibility index (Phi) is 7.56. The van der Waals surface area contributed by atoms with Gasteiger partial charge in [-0.25, -0.2) is 0 Å². The van der Waals surface area contributed by atoms with Crippen molar-refractivity contribution in [3.05, 3.63) is 59.8 Å². The number of H-pyrrole nitrogens is 1. The summed E-state index contributed by atoms with van der Waals surface area (Å²) in [4.78, 5) is 31.6. The first-order chi connectivity index (χ1) is 17.6. The van der Waals surface area contributed by atoms with Crippen molar-refractivity contribution in [2.75, 3.05) is 38.6 Å². The quantitative estimate of drug-likeness (QED) is 0.384. The molecule has 190 valence electrons. The van der Waals surface area contributed by atoms with Crippen LogP contribution in [-0.4, -0.2) is 60.9 Å². The second-order valence-corrected chi connectivity index (χ2v) is 10.1. The number of carbonyl (C=O) groups excluding carboxylic acids is 2. The van der Waals surface area contributed by atoms with Gasteiger partial charge in [0.25, 0.3) is 0 Å². The molecule has 0 radical (unpaired) electrons. The molecule has 0 unspecified atom stereocenters. The molecule has 2 aromatic carbocycles. The lowest BCUT2D eigenvalue weighted by molar-refractivity contribution is -0.119. The highest BCUT2D eigenvalue weighted by atomic mass is 16.5. The summed E-state index contributed by atoms with van der Waals surface area (Å²) in [7, 11) is 1.55. The standard InChI is InChI=1S/C29H36N4O3/c1-36-29-24(28(35)22-10-9-21-11-14-30-26(21)17-22)7-4-8-25(29)31-19-27(34)32-18-20-12-15-33(16-13-20)23-5-2-3-6-23/h4,7-11,14,17,20,23,30-31H,2-3,5-6,12-13,15-16,18-19H2,1H3,(H,32,34). The van der Waals surface area contributed by atoms with Crippen LogP contribution < -0.4 is 15.4 Å². The number of aromatic nitrogens is 1. The summed E-state index contributed by atoms with van der Waals surface area (Å²) in [5.74, 6) is 0.810. The molecule has 1 saturated heterocycles. The summed E-state index contributed by atoms with van der Waals surface area (Å²) in [6, 6.07) is 13.8. The minimum Gasteiger partial charge on any atom is -0.494 e. The highest BCUT2D eigenvalue weighted by Gasteiger charge is 2.27. The molecule has 1 aliphatic heterocycles. The second kappa shape index (κ2) is 11.2. The highest BCUT2D eigenvalue weighted by molar-refractivity contribution is 6.13. The summed E-state index contributed by atoms with van der Waals surface area (Å²) in [5.41, 5.74) is 2.58. The number of methoxy groups -OCH3 is 1. The van der Waals surface area contributed by atoms with E-state index in [2.05, 4.69) is 20.5 Å². The summed E-state index contributed by atoms with van der Waals surface area (Å²) in [5, 5.41) is 7.31. The third-order valence-corrected chi connectivity index (χ3v) is 7.80. The molecule has 3 N–H and O–H groups in total. The predicted octanol–water partition coefficient (Wildman–Crippen LogP) is 4.59. The second-order valence-electron chi connectivity index (χ2n) is 10.1. The van der Waals surface area contributed by atoms with E-state index in [9.17, 15) is 9.59 Å². The van der Waals surface area contributed by atoms with Crippen molar-refractivity contribution in [2.45, 2.75) is 44.6 Å². The molecule has 2 aliphatic rings. The SMILES string of the molecule is COc1c(NCC(=O)NCC2CCN(C3CCCC3)CC2)cccc1C(=O)c1ccc2cc[nH]c2c1. The van der Waals surface area contributed by atoms with E-state index < -0.39 is 0 Å². The van der Waals surface area contributed by atoms with Crippen LogP contribution in [0.3, 0.4) is 0 Å². The molecule has 0 atom stereocenters. The van der Waals surface area contributed by atoms with Gasteiger partial charge in [0.05, 0.1) is 24.9 Å². The Morgan fingerprint density at radius 2 is 1.86 bits per heavy atom. The minimum atomic E-state index is -0.125. The lowest BCUT2D eigenvalue weighted by atomic mass is 9.95. The van der Waals surface area contributed by atoms with Gasteiger partial charge in [-0.3, -0.25) is 9.59 Å². The number of anilines is 1. The Morgan fingerprint density at radius 1 is 1.06 bits per heavy atom. The zero-order valence-corrected chi connectivity index (χ0v) is 21.0. The number of carbonyl (C=O) groups is 2. The molecule has 7 heteroatoms. The van der Waals surface area contributed by atoms with E-state index >= 15 is 0 Å². The maximum absolute atomic E-state index is 13.3. The van der Waals surface area contributed by atoms with Gasteiger partial charge < -0.3 is 25.3 Å². The number of ketones is 1. The molecule has 1 saturated carbocycles. The number of nitrogens with one attached hydrogen (secondary N) is 3. The smallest absolute Gasteiger partial charge is 0.239 e. The molecule has 3 aromatic rings. The first-order valence-electron chi connectivity index (χ1n) is 13.2. The Bertz CT molecular complexity index is 1210. The number of amides is 1. The molecule has 36 heavy (non-hydrogen) atoms. The van der Waals surface area contributed by atoms with Crippen molar-refractivity contribution in [2.24, 2.45) is 5.92 Å². The third-order valence-electron chi connectivity index (χ3n) is 7.80. The van der Waals surface area contributed by atoms with Crippen molar-refractivity contribution in [3.8, 4) is 5.75 Å². The number of hydrogen-bond acceptors (Lipinski definition) is 5. The van der Waals surface area contributed by atoms with Gasteiger partial charge in [0.15, 0.2) is 11.5 Å². The molecule has 1 aromatic heterocycles. The van der Waals surface area contributed by atoms with E-state index in [0.717, 1.165) is 49.4 Å². The number of ether oxygens (including phenoxy) is 1. The van der Waals surface area contributed by atoms with Gasteiger partial charge >= 0.3 is 0 Å². The fourth-order valence-corrected chi connectivity index (χ4v) is 5.71. The summed E-state index contributed by atoms with van der Waals surface area (Å²) in [6.07, 6.45) is 9.61. The summed E-state index contributed by atoms with van der Waals surface area (Å²) in [6.45, 7) is 3.15.